The average Bonchev–Trinajstić information content (AvgIpc) is 2.25. The molecule has 0 aromatic carbocycles. The molecular formula is C12H21F3O3S. The summed E-state index contributed by atoms with van der Waals surface area (Å²) in [5, 5.41) is 0. The van der Waals surface area contributed by atoms with Crippen molar-refractivity contribution >= 4 is 10.1 Å². The van der Waals surface area contributed by atoms with Gasteiger partial charge in [0.2, 0.25) is 0 Å². The van der Waals surface area contributed by atoms with Gasteiger partial charge in [0.05, 0.1) is 0 Å². The molecule has 19 heavy (non-hydrogen) atoms. The molecule has 0 rings (SSSR count). The van der Waals surface area contributed by atoms with Crippen LogP contribution in [0.15, 0.2) is 11.8 Å². The summed E-state index contributed by atoms with van der Waals surface area (Å²) in [6.45, 7) is 3.32. The third-order valence-corrected chi connectivity index (χ3v) is 3.56. The lowest BCUT2D eigenvalue weighted by molar-refractivity contribution is -0.0521. The molecule has 7 heteroatoms. The Hall–Kier alpha value is -0.720. The van der Waals surface area contributed by atoms with Crippen LogP contribution in [0, 0.1) is 0 Å². The Labute approximate surface area is 113 Å². The van der Waals surface area contributed by atoms with Crippen molar-refractivity contribution in [3.63, 3.8) is 0 Å². The summed E-state index contributed by atoms with van der Waals surface area (Å²) in [4.78, 5) is 0. The minimum Gasteiger partial charge on any atom is -0.381 e. The number of rotatable bonds is 9. The number of alkyl halides is 3. The van der Waals surface area contributed by atoms with Crippen LogP contribution in [0.3, 0.4) is 0 Å². The Bertz CT molecular complexity index is 372. The van der Waals surface area contributed by atoms with E-state index in [1.165, 1.54) is 19.4 Å². The monoisotopic (exact) mass is 302 g/mol. The highest BCUT2D eigenvalue weighted by molar-refractivity contribution is 7.87. The van der Waals surface area contributed by atoms with E-state index in [1.807, 2.05) is 0 Å². The standard InChI is InChI=1S/C12H21F3O3S/c1-3-4-5-6-7-8-9-10-11(2)18-19(16,17)12(13,14)15/h10H,3-9H2,1-2H3. The minimum absolute atomic E-state index is 0.231. The Morgan fingerprint density at radius 1 is 1.11 bits per heavy atom. The SMILES string of the molecule is CCCCCCCCC=C(C)OS(=O)(=O)C(F)(F)F. The Morgan fingerprint density at radius 2 is 1.63 bits per heavy atom. The average molecular weight is 302 g/mol. The predicted molar refractivity (Wildman–Crippen MR) is 67.8 cm³/mol. The van der Waals surface area contributed by atoms with E-state index < -0.39 is 15.6 Å². The fraction of sp³-hybridized carbons (Fsp3) is 0.833. The van der Waals surface area contributed by atoms with Crippen LogP contribution in [0.25, 0.3) is 0 Å². The predicted octanol–water partition coefficient (Wildman–Crippen LogP) is 4.51. The normalized spacial score (nSPS) is 13.6. The van der Waals surface area contributed by atoms with Crippen LogP contribution in [-0.2, 0) is 14.3 Å². The van der Waals surface area contributed by atoms with Gasteiger partial charge in [-0.2, -0.15) is 21.6 Å². The topological polar surface area (TPSA) is 43.4 Å². The first kappa shape index (κ1) is 18.3. The Balaban J connectivity index is 3.96. The van der Waals surface area contributed by atoms with Crippen LogP contribution in [-0.4, -0.2) is 13.9 Å². The van der Waals surface area contributed by atoms with Crippen LogP contribution >= 0.6 is 0 Å². The lowest BCUT2D eigenvalue weighted by Crippen LogP contribution is -2.24. The molecule has 0 N–H and O–H groups in total. The summed E-state index contributed by atoms with van der Waals surface area (Å²) in [6.07, 6.45) is 8.27. The van der Waals surface area contributed by atoms with E-state index in [-0.39, 0.29) is 5.76 Å². The lowest BCUT2D eigenvalue weighted by atomic mass is 10.1. The third kappa shape index (κ3) is 8.13. The zero-order valence-electron chi connectivity index (χ0n) is 11.3. The minimum atomic E-state index is -5.52. The first-order valence-corrected chi connectivity index (χ1v) is 7.79. The number of unbranched alkanes of at least 4 members (excludes halogenated alkanes) is 6. The van der Waals surface area contributed by atoms with E-state index in [1.54, 1.807) is 0 Å². The van der Waals surface area contributed by atoms with Crippen molar-refractivity contribution in [3.8, 4) is 0 Å². The van der Waals surface area contributed by atoms with Crippen LogP contribution in [0.1, 0.15) is 58.8 Å². The van der Waals surface area contributed by atoms with E-state index in [0.717, 1.165) is 32.1 Å². The van der Waals surface area contributed by atoms with Crippen molar-refractivity contribution in [2.45, 2.75) is 64.3 Å². The van der Waals surface area contributed by atoms with Gasteiger partial charge >= 0.3 is 15.6 Å². The number of allylic oxidation sites excluding steroid dienone is 2. The maximum atomic E-state index is 12.0. The maximum Gasteiger partial charge on any atom is 0.534 e. The van der Waals surface area contributed by atoms with E-state index in [2.05, 4.69) is 11.1 Å². The third-order valence-electron chi connectivity index (χ3n) is 2.51. The quantitative estimate of drug-likeness (QED) is 0.272. The van der Waals surface area contributed by atoms with Gasteiger partial charge in [0.25, 0.3) is 0 Å². The molecule has 0 aromatic rings. The van der Waals surface area contributed by atoms with Crippen molar-refractivity contribution in [2.75, 3.05) is 0 Å². The van der Waals surface area contributed by atoms with Gasteiger partial charge in [0, 0.05) is 0 Å². The molecular weight excluding hydrogens is 281 g/mol. The highest BCUT2D eigenvalue weighted by Gasteiger charge is 2.48. The molecule has 0 aliphatic carbocycles. The second-order valence-electron chi connectivity index (χ2n) is 4.35. The smallest absolute Gasteiger partial charge is 0.381 e. The van der Waals surface area contributed by atoms with Crippen molar-refractivity contribution < 1.29 is 25.8 Å². The molecule has 0 aliphatic rings. The van der Waals surface area contributed by atoms with Crippen molar-refractivity contribution in [1.29, 1.82) is 0 Å². The zero-order chi connectivity index (χ0) is 14.9. The lowest BCUT2D eigenvalue weighted by Gasteiger charge is -2.09. The molecule has 0 radical (unpaired) electrons. The van der Waals surface area contributed by atoms with Gasteiger partial charge in [-0.3, -0.25) is 0 Å². The summed E-state index contributed by atoms with van der Waals surface area (Å²) in [6, 6.07) is 0. The molecule has 0 atom stereocenters. The first-order chi connectivity index (χ1) is 8.70. The van der Waals surface area contributed by atoms with Gasteiger partial charge in [0.15, 0.2) is 0 Å². The molecule has 114 valence electrons. The molecule has 0 fully saturated rings. The van der Waals surface area contributed by atoms with Gasteiger partial charge in [0.1, 0.15) is 5.76 Å². The molecule has 0 spiro atoms. The van der Waals surface area contributed by atoms with E-state index >= 15 is 0 Å². The summed E-state index contributed by atoms with van der Waals surface area (Å²) < 4.78 is 61.4. The number of hydrogen-bond acceptors (Lipinski definition) is 3. The van der Waals surface area contributed by atoms with E-state index in [0.29, 0.717) is 6.42 Å². The fourth-order valence-corrected chi connectivity index (χ4v) is 1.99. The Kier molecular flexibility index (Phi) is 8.13. The van der Waals surface area contributed by atoms with E-state index in [4.69, 9.17) is 0 Å². The summed E-state index contributed by atoms with van der Waals surface area (Å²) in [5.41, 5.74) is -5.37. The summed E-state index contributed by atoms with van der Waals surface area (Å²) in [5.74, 6) is -0.231. The summed E-state index contributed by atoms with van der Waals surface area (Å²) >= 11 is 0. The molecule has 0 aliphatic heterocycles. The van der Waals surface area contributed by atoms with E-state index in [9.17, 15) is 21.6 Å². The zero-order valence-corrected chi connectivity index (χ0v) is 12.1. The molecule has 0 amide bonds. The van der Waals surface area contributed by atoms with Gasteiger partial charge in [-0.15, -0.1) is 0 Å². The second-order valence-corrected chi connectivity index (χ2v) is 5.89. The fourth-order valence-electron chi connectivity index (χ4n) is 1.48. The van der Waals surface area contributed by atoms with Crippen molar-refractivity contribution in [1.82, 2.24) is 0 Å². The van der Waals surface area contributed by atoms with Gasteiger partial charge in [-0.05, 0) is 25.8 Å². The van der Waals surface area contributed by atoms with Gasteiger partial charge in [-0.1, -0.05) is 39.0 Å². The number of hydrogen-bond donors (Lipinski definition) is 0. The highest BCUT2D eigenvalue weighted by atomic mass is 32.2. The molecule has 0 unspecified atom stereocenters. The second kappa shape index (κ2) is 8.45. The molecule has 0 bridgehead atoms. The molecule has 0 saturated carbocycles. The first-order valence-electron chi connectivity index (χ1n) is 6.38. The summed E-state index contributed by atoms with van der Waals surface area (Å²) in [7, 11) is -5.52. The molecule has 0 saturated heterocycles. The maximum absolute atomic E-state index is 12.0. The van der Waals surface area contributed by atoms with Crippen molar-refractivity contribution in [3.05, 3.63) is 11.8 Å². The van der Waals surface area contributed by atoms with Gasteiger partial charge < -0.3 is 4.18 Å². The highest BCUT2D eigenvalue weighted by Crippen LogP contribution is 2.26. The Morgan fingerprint density at radius 3 is 2.16 bits per heavy atom. The molecule has 0 aromatic heterocycles. The molecule has 0 heterocycles. The largest absolute Gasteiger partial charge is 0.534 e. The van der Waals surface area contributed by atoms with Crippen LogP contribution in [0.2, 0.25) is 0 Å². The van der Waals surface area contributed by atoms with Crippen LogP contribution in [0.5, 0.6) is 0 Å². The number of halogens is 3. The van der Waals surface area contributed by atoms with Crippen molar-refractivity contribution in [2.24, 2.45) is 0 Å². The van der Waals surface area contributed by atoms with Crippen LogP contribution in [0.4, 0.5) is 13.2 Å². The van der Waals surface area contributed by atoms with Gasteiger partial charge in [-0.25, -0.2) is 0 Å². The molecule has 3 nitrogen and oxygen atoms in total. The van der Waals surface area contributed by atoms with Crippen LogP contribution < -0.4 is 0 Å².